The Kier molecular flexibility index (Phi) is 5.75. The van der Waals surface area contributed by atoms with Gasteiger partial charge in [0.2, 0.25) is 0 Å². The Morgan fingerprint density at radius 3 is 2.47 bits per heavy atom. The van der Waals surface area contributed by atoms with Gasteiger partial charge in [-0.3, -0.25) is 14.1 Å². The fourth-order valence-electron chi connectivity index (χ4n) is 8.70. The lowest BCUT2D eigenvalue weighted by molar-refractivity contribution is -0.140. The lowest BCUT2D eigenvalue weighted by atomic mass is 9.44. The first kappa shape index (κ1) is 22.4. The van der Waals surface area contributed by atoms with Crippen LogP contribution in [0.5, 0.6) is 0 Å². The number of carbonyl (C=O) groups is 2. The normalized spacial score (nSPS) is 44.7. The number of hydrogen-bond acceptors (Lipinski definition) is 4. The van der Waals surface area contributed by atoms with Crippen LogP contribution in [-0.2, 0) is 19.7 Å². The summed E-state index contributed by atoms with van der Waals surface area (Å²) >= 11 is 0. The van der Waals surface area contributed by atoms with E-state index in [0.717, 1.165) is 37.5 Å². The Labute approximate surface area is 181 Å². The van der Waals surface area contributed by atoms with Crippen LogP contribution in [0.3, 0.4) is 0 Å². The van der Waals surface area contributed by atoms with Gasteiger partial charge in [0.15, 0.2) is 0 Å². The van der Waals surface area contributed by atoms with Crippen LogP contribution in [0.1, 0.15) is 91.4 Å². The molecule has 0 radical (unpaired) electrons. The first-order valence-corrected chi connectivity index (χ1v) is 13.4. The molecule has 0 aromatic rings. The second-order valence-corrected chi connectivity index (χ2v) is 12.9. The number of carbonyl (C=O) groups excluding carboxylic acids is 2. The molecule has 0 heterocycles. The molecule has 170 valence electrons. The summed E-state index contributed by atoms with van der Waals surface area (Å²) in [6.07, 6.45) is 10.4. The Hall–Kier alpha value is -0.750. The van der Waals surface area contributed by atoms with Crippen molar-refractivity contribution >= 4 is 21.0 Å². The van der Waals surface area contributed by atoms with E-state index in [4.69, 9.17) is 4.55 Å². The summed E-state index contributed by atoms with van der Waals surface area (Å²) in [5, 5.41) is -1.05. The van der Waals surface area contributed by atoms with Gasteiger partial charge in [-0.2, -0.15) is 8.42 Å². The van der Waals surface area contributed by atoms with Crippen LogP contribution in [0.2, 0.25) is 0 Å². The summed E-state index contributed by atoms with van der Waals surface area (Å²) in [6.45, 7) is 7.08. The smallest absolute Gasteiger partial charge is 0.300 e. The predicted octanol–water partition coefficient (Wildman–Crippen LogP) is 5.05. The lowest BCUT2D eigenvalue weighted by Crippen LogP contribution is -2.53. The summed E-state index contributed by atoms with van der Waals surface area (Å²) in [6, 6.07) is 0. The maximum atomic E-state index is 12.1. The van der Waals surface area contributed by atoms with Crippen molar-refractivity contribution < 1.29 is 22.6 Å². The molecule has 8 atom stereocenters. The molecule has 0 aliphatic heterocycles. The van der Waals surface area contributed by atoms with Crippen LogP contribution in [0.25, 0.3) is 0 Å². The highest BCUT2D eigenvalue weighted by atomic mass is 32.2. The third-order valence-corrected chi connectivity index (χ3v) is 11.1. The van der Waals surface area contributed by atoms with Crippen molar-refractivity contribution in [3.05, 3.63) is 0 Å². The second-order valence-electron chi connectivity index (χ2n) is 11.5. The maximum Gasteiger partial charge on any atom is 0.328 e. The summed E-state index contributed by atoms with van der Waals surface area (Å²) < 4.78 is 31.1. The minimum absolute atomic E-state index is 0.0862. The molecule has 0 amide bonds. The van der Waals surface area contributed by atoms with E-state index in [1.54, 1.807) is 0 Å². The Bertz CT molecular complexity index is 819. The van der Waals surface area contributed by atoms with Crippen molar-refractivity contribution in [2.24, 2.45) is 46.3 Å². The number of fused-ring (bicyclic) bond motifs is 5. The highest BCUT2D eigenvalue weighted by Gasteiger charge is 2.60. The molecule has 0 spiro atoms. The minimum atomic E-state index is -4.56. The molecule has 4 rings (SSSR count). The van der Waals surface area contributed by atoms with Crippen LogP contribution in [0.4, 0.5) is 0 Å². The average molecular weight is 439 g/mol. The van der Waals surface area contributed by atoms with Gasteiger partial charge in [0.05, 0.1) is 0 Å². The Balaban J connectivity index is 1.47. The third-order valence-electron chi connectivity index (χ3n) is 10.3. The lowest BCUT2D eigenvalue weighted by Gasteiger charge is -2.60. The van der Waals surface area contributed by atoms with Crippen molar-refractivity contribution in [1.82, 2.24) is 0 Å². The van der Waals surface area contributed by atoms with E-state index in [-0.39, 0.29) is 17.8 Å². The molecule has 4 saturated carbocycles. The molecule has 5 nitrogen and oxygen atoms in total. The molecular formula is C24H38O5S. The van der Waals surface area contributed by atoms with E-state index in [2.05, 4.69) is 20.8 Å². The van der Waals surface area contributed by atoms with Crippen molar-refractivity contribution in [3.8, 4) is 0 Å². The first-order valence-electron chi connectivity index (χ1n) is 12.0. The summed E-state index contributed by atoms with van der Waals surface area (Å²) in [4.78, 5) is 23.7. The van der Waals surface area contributed by atoms with Crippen molar-refractivity contribution in [1.29, 1.82) is 0 Å². The Morgan fingerprint density at radius 2 is 1.77 bits per heavy atom. The molecule has 0 aromatic heterocycles. The maximum absolute atomic E-state index is 12.1. The second kappa shape index (κ2) is 7.68. The minimum Gasteiger partial charge on any atom is -0.300 e. The highest BCUT2D eigenvalue weighted by molar-refractivity contribution is 8.01. The van der Waals surface area contributed by atoms with E-state index in [0.29, 0.717) is 35.4 Å². The molecule has 1 unspecified atom stereocenters. The van der Waals surface area contributed by atoms with Gasteiger partial charge in [-0.1, -0.05) is 20.8 Å². The molecule has 4 aliphatic rings. The van der Waals surface area contributed by atoms with Crippen LogP contribution < -0.4 is 0 Å². The van der Waals surface area contributed by atoms with Crippen LogP contribution in [0.15, 0.2) is 0 Å². The average Bonchev–Trinajstić information content (AvgIpc) is 3.03. The molecule has 0 bridgehead atoms. The summed E-state index contributed by atoms with van der Waals surface area (Å²) in [7, 11) is -4.56. The number of hydrogen-bond donors (Lipinski definition) is 1. The standard InChI is InChI=1S/C24H38O5S/c1-15(4-9-22(26)30(27,28)29)19-7-8-20-18-6-5-16-14-17(25)10-12-23(16,2)21(18)11-13-24(19,20)3/h15-16,18-21H,4-14H2,1-3H3,(H,27,28,29)/t15-,16?,18+,19-,20+,21+,23+,24-/m1/s1. The quantitative estimate of drug-likeness (QED) is 0.621. The molecule has 1 N–H and O–H groups in total. The van der Waals surface area contributed by atoms with Crippen molar-refractivity contribution in [2.75, 3.05) is 0 Å². The molecule has 6 heteroatoms. The van der Waals surface area contributed by atoms with Crippen LogP contribution in [0, 0.1) is 46.3 Å². The monoisotopic (exact) mass is 438 g/mol. The summed E-state index contributed by atoms with van der Waals surface area (Å²) in [5.41, 5.74) is 0.583. The van der Waals surface area contributed by atoms with Gasteiger partial charge in [0, 0.05) is 19.3 Å². The fourth-order valence-corrected chi connectivity index (χ4v) is 9.07. The summed E-state index contributed by atoms with van der Waals surface area (Å²) in [5.74, 6) is 4.01. The number of rotatable bonds is 4. The molecule has 30 heavy (non-hydrogen) atoms. The van der Waals surface area contributed by atoms with Crippen molar-refractivity contribution in [3.63, 3.8) is 0 Å². The van der Waals surface area contributed by atoms with Gasteiger partial charge >= 0.3 is 10.1 Å². The zero-order chi connectivity index (χ0) is 21.9. The third kappa shape index (κ3) is 3.60. The zero-order valence-corrected chi connectivity index (χ0v) is 19.5. The van der Waals surface area contributed by atoms with E-state index >= 15 is 0 Å². The molecule has 4 fully saturated rings. The fraction of sp³-hybridized carbons (Fsp3) is 0.917. The van der Waals surface area contributed by atoms with Gasteiger partial charge in [-0.05, 0) is 97.7 Å². The van der Waals surface area contributed by atoms with E-state index in [1.165, 1.54) is 32.1 Å². The predicted molar refractivity (Wildman–Crippen MR) is 115 cm³/mol. The van der Waals surface area contributed by atoms with Gasteiger partial charge in [0.1, 0.15) is 5.78 Å². The van der Waals surface area contributed by atoms with Gasteiger partial charge in [-0.15, -0.1) is 0 Å². The van der Waals surface area contributed by atoms with Crippen LogP contribution >= 0.6 is 0 Å². The van der Waals surface area contributed by atoms with E-state index in [1.807, 2.05) is 0 Å². The zero-order valence-electron chi connectivity index (χ0n) is 18.7. The number of Topliss-reactive ketones (excluding diaryl/α,β-unsaturated/α-hetero) is 1. The van der Waals surface area contributed by atoms with Gasteiger partial charge in [0.25, 0.3) is 5.12 Å². The Morgan fingerprint density at radius 1 is 1.07 bits per heavy atom. The van der Waals surface area contributed by atoms with E-state index < -0.39 is 15.2 Å². The molecule has 4 aliphatic carbocycles. The van der Waals surface area contributed by atoms with Crippen molar-refractivity contribution in [2.45, 2.75) is 91.4 Å². The number of ketones is 1. The highest BCUT2D eigenvalue weighted by Crippen LogP contribution is 2.68. The topological polar surface area (TPSA) is 88.5 Å². The first-order chi connectivity index (χ1) is 14.0. The largest absolute Gasteiger partial charge is 0.328 e. The molecule has 0 aromatic carbocycles. The van der Waals surface area contributed by atoms with Gasteiger partial charge < -0.3 is 0 Å². The van der Waals surface area contributed by atoms with Crippen LogP contribution in [-0.4, -0.2) is 23.9 Å². The molecule has 0 saturated heterocycles. The SMILES string of the molecule is C[C@H](CCC(=O)S(=O)(=O)O)[C@H]1CC[C@H]2[C@@H]3CCC4CC(=O)CC[C@]4(C)[C@H]3CC[C@]12C. The van der Waals surface area contributed by atoms with E-state index in [9.17, 15) is 18.0 Å². The molecular weight excluding hydrogens is 400 g/mol. The van der Waals surface area contributed by atoms with Gasteiger partial charge in [-0.25, -0.2) is 0 Å².